The summed E-state index contributed by atoms with van der Waals surface area (Å²) >= 11 is 6.09. The lowest BCUT2D eigenvalue weighted by Gasteiger charge is -2.24. The van der Waals surface area contributed by atoms with Gasteiger partial charge in [0.15, 0.2) is 6.10 Å². The Hall–Kier alpha value is -3.41. The summed E-state index contributed by atoms with van der Waals surface area (Å²) in [6.07, 6.45) is 0.0723. The van der Waals surface area contributed by atoms with E-state index in [1.165, 1.54) is 23.1 Å². The van der Waals surface area contributed by atoms with Gasteiger partial charge in [0, 0.05) is 18.0 Å². The lowest BCUT2D eigenvalue weighted by Crippen LogP contribution is -2.46. The van der Waals surface area contributed by atoms with Gasteiger partial charge in [0.2, 0.25) is 5.91 Å². The first-order chi connectivity index (χ1) is 15.4. The van der Waals surface area contributed by atoms with Crippen molar-refractivity contribution < 1.29 is 23.9 Å². The zero-order valence-corrected chi connectivity index (χ0v) is 17.3. The molecule has 0 unspecified atom stereocenters. The average molecular weight is 461 g/mol. The van der Waals surface area contributed by atoms with E-state index in [4.69, 9.17) is 16.4 Å². The van der Waals surface area contributed by atoms with Crippen LogP contribution in [0.25, 0.3) is 5.69 Å². The van der Waals surface area contributed by atoms with Crippen LogP contribution < -0.4 is 5.32 Å². The minimum absolute atomic E-state index is 0.0909. The fraction of sp³-hybridized carbons (Fsp3) is 0.250. The highest BCUT2D eigenvalue weighted by atomic mass is 35.5. The third-order valence-corrected chi connectivity index (χ3v) is 5.17. The number of hydroxylamine groups is 2. The molecule has 2 N–H and O–H groups in total. The molecular weight excluding hydrogens is 443 g/mol. The molecule has 1 aliphatic heterocycles. The summed E-state index contributed by atoms with van der Waals surface area (Å²) in [6.45, 7) is 0.223. The summed E-state index contributed by atoms with van der Waals surface area (Å²) in [5, 5.41) is 25.5. The van der Waals surface area contributed by atoms with E-state index in [0.717, 1.165) is 17.2 Å². The van der Waals surface area contributed by atoms with Crippen molar-refractivity contribution in [3.05, 3.63) is 70.8 Å². The monoisotopic (exact) mass is 460 g/mol. The molecule has 32 heavy (non-hydrogen) atoms. The molecule has 1 aromatic heterocycles. The largest absolute Gasteiger partial charge is 0.378 e. The van der Waals surface area contributed by atoms with Crippen LogP contribution >= 0.6 is 11.6 Å². The predicted octanol–water partition coefficient (Wildman–Crippen LogP) is 1.34. The molecule has 3 aromatic rings. The Kier molecular flexibility index (Phi) is 6.40. The normalized spacial score (nSPS) is 16.7. The number of hydrogen-bond acceptors (Lipinski definition) is 7. The highest BCUT2D eigenvalue weighted by molar-refractivity contribution is 6.30. The number of halogens is 2. The molecule has 10 nitrogen and oxygen atoms in total. The minimum Gasteiger partial charge on any atom is -0.378 e. The molecule has 166 valence electrons. The van der Waals surface area contributed by atoms with E-state index in [1.54, 1.807) is 18.2 Å². The van der Waals surface area contributed by atoms with Gasteiger partial charge in [-0.15, -0.1) is 5.10 Å². The third kappa shape index (κ3) is 4.59. The van der Waals surface area contributed by atoms with Crippen LogP contribution in [0.15, 0.2) is 48.8 Å². The number of hydrogen-bond donors (Lipinski definition) is 2. The Bertz CT molecular complexity index is 1110. The maximum Gasteiger partial charge on any atom is 0.280 e. The number of aromatic nitrogens is 4. The summed E-state index contributed by atoms with van der Waals surface area (Å²) in [4.78, 5) is 30.8. The second-order valence-electron chi connectivity index (χ2n) is 7.00. The van der Waals surface area contributed by atoms with Crippen molar-refractivity contribution in [2.24, 2.45) is 0 Å². The topological polar surface area (TPSA) is 122 Å². The summed E-state index contributed by atoms with van der Waals surface area (Å²) in [6, 6.07) is 8.98. The van der Waals surface area contributed by atoms with Crippen LogP contribution in [0.1, 0.15) is 23.7 Å². The Morgan fingerprint density at radius 3 is 2.78 bits per heavy atom. The van der Waals surface area contributed by atoms with Crippen LogP contribution in [0.4, 0.5) is 4.39 Å². The Balaban J connectivity index is 1.45. The van der Waals surface area contributed by atoms with Crippen molar-refractivity contribution in [3.8, 4) is 5.69 Å². The van der Waals surface area contributed by atoms with Gasteiger partial charge < -0.3 is 10.4 Å². The Morgan fingerprint density at radius 2 is 2.06 bits per heavy atom. The molecule has 0 saturated carbocycles. The summed E-state index contributed by atoms with van der Waals surface area (Å²) in [7, 11) is 0. The van der Waals surface area contributed by atoms with Gasteiger partial charge in [0.1, 0.15) is 18.2 Å². The van der Waals surface area contributed by atoms with E-state index in [0.29, 0.717) is 16.3 Å². The van der Waals surface area contributed by atoms with E-state index < -0.39 is 29.8 Å². The third-order valence-electron chi connectivity index (χ3n) is 4.93. The summed E-state index contributed by atoms with van der Waals surface area (Å²) < 4.78 is 14.5. The van der Waals surface area contributed by atoms with E-state index in [-0.39, 0.29) is 25.1 Å². The smallest absolute Gasteiger partial charge is 0.280 e. The first kappa shape index (κ1) is 21.8. The number of carbonyl (C=O) groups excluding carboxylic acids is 2. The van der Waals surface area contributed by atoms with E-state index in [1.807, 2.05) is 0 Å². The lowest BCUT2D eigenvalue weighted by molar-refractivity contribution is -0.187. The average Bonchev–Trinajstić information content (AvgIpc) is 3.49. The number of nitrogens with zero attached hydrogens (tertiary/aromatic N) is 5. The molecule has 0 bridgehead atoms. The molecule has 12 heteroatoms. The molecule has 0 aliphatic carbocycles. The van der Waals surface area contributed by atoms with Crippen LogP contribution in [0, 0.1) is 5.82 Å². The molecule has 2 aromatic carbocycles. The number of aliphatic hydroxyl groups excluding tert-OH is 1. The summed E-state index contributed by atoms with van der Waals surface area (Å²) in [5.74, 6) is -1.78. The first-order valence-electron chi connectivity index (χ1n) is 9.63. The van der Waals surface area contributed by atoms with Crippen molar-refractivity contribution in [1.82, 2.24) is 30.6 Å². The molecule has 0 radical (unpaired) electrons. The molecule has 1 fully saturated rings. The van der Waals surface area contributed by atoms with Gasteiger partial charge in [0.25, 0.3) is 5.91 Å². The van der Waals surface area contributed by atoms with Crippen molar-refractivity contribution in [2.75, 3.05) is 6.61 Å². The van der Waals surface area contributed by atoms with E-state index in [9.17, 15) is 19.1 Å². The number of amides is 2. The second kappa shape index (κ2) is 9.39. The maximum atomic E-state index is 13.1. The molecule has 1 aliphatic rings. The number of nitrogens with one attached hydrogen (secondary N) is 1. The van der Waals surface area contributed by atoms with E-state index in [2.05, 4.69) is 20.8 Å². The van der Waals surface area contributed by atoms with Gasteiger partial charge in [-0.05, 0) is 51.9 Å². The van der Waals surface area contributed by atoms with Crippen LogP contribution in [0.3, 0.4) is 0 Å². The maximum absolute atomic E-state index is 13.1. The SMILES string of the molecule is O=C(NCc1cc(Cl)ccc1-n1cnnn1)[C@@H]1CCON1C(=O)[C@H](O)c1ccc(F)cc1. The highest BCUT2D eigenvalue weighted by Crippen LogP contribution is 2.23. The quantitative estimate of drug-likeness (QED) is 0.569. The van der Waals surface area contributed by atoms with Crippen molar-refractivity contribution >= 4 is 23.4 Å². The predicted molar refractivity (Wildman–Crippen MR) is 109 cm³/mol. The number of rotatable bonds is 6. The molecule has 2 atom stereocenters. The summed E-state index contributed by atoms with van der Waals surface area (Å²) in [5.41, 5.74) is 1.47. The Labute approximate surface area is 186 Å². The second-order valence-corrected chi connectivity index (χ2v) is 7.44. The fourth-order valence-electron chi connectivity index (χ4n) is 3.32. The zero-order chi connectivity index (χ0) is 22.7. The standard InChI is InChI=1S/C20H18ClFN6O4/c21-14-3-6-16(27-11-24-25-26-27)13(9-14)10-23-19(30)17-7-8-32-28(17)20(31)18(29)12-1-4-15(22)5-2-12/h1-6,9,11,17-18,29H,7-8,10H2,(H,23,30)/t17-,18+/m0/s1. The zero-order valence-electron chi connectivity index (χ0n) is 16.6. The highest BCUT2D eigenvalue weighted by Gasteiger charge is 2.38. The van der Waals surface area contributed by atoms with Crippen molar-refractivity contribution in [1.29, 1.82) is 0 Å². The van der Waals surface area contributed by atoms with E-state index >= 15 is 0 Å². The van der Waals surface area contributed by atoms with Gasteiger partial charge in [-0.1, -0.05) is 23.7 Å². The van der Waals surface area contributed by atoms with Crippen LogP contribution in [0.5, 0.6) is 0 Å². The van der Waals surface area contributed by atoms with Crippen molar-refractivity contribution in [2.45, 2.75) is 25.1 Å². The lowest BCUT2D eigenvalue weighted by atomic mass is 10.1. The van der Waals surface area contributed by atoms with Gasteiger partial charge in [0.05, 0.1) is 12.3 Å². The fourth-order valence-corrected chi connectivity index (χ4v) is 3.52. The van der Waals surface area contributed by atoms with Gasteiger partial charge in [-0.25, -0.2) is 14.1 Å². The molecule has 0 spiro atoms. The number of tetrazole rings is 1. The van der Waals surface area contributed by atoms with Crippen LogP contribution in [-0.4, -0.2) is 54.8 Å². The molecule has 2 amide bonds. The number of carbonyl (C=O) groups is 2. The molecule has 1 saturated heterocycles. The number of benzene rings is 2. The van der Waals surface area contributed by atoms with Gasteiger partial charge >= 0.3 is 0 Å². The van der Waals surface area contributed by atoms with Crippen molar-refractivity contribution in [3.63, 3.8) is 0 Å². The molecule has 2 heterocycles. The minimum atomic E-state index is -1.59. The first-order valence-corrected chi connectivity index (χ1v) is 10.0. The molecular formula is C20H18ClFN6O4. The van der Waals surface area contributed by atoms with Crippen LogP contribution in [-0.2, 0) is 21.0 Å². The van der Waals surface area contributed by atoms with Gasteiger partial charge in [-0.3, -0.25) is 14.4 Å². The molecule has 4 rings (SSSR count). The van der Waals surface area contributed by atoms with Gasteiger partial charge in [-0.2, -0.15) is 0 Å². The number of aliphatic hydroxyl groups is 1. The Morgan fingerprint density at radius 1 is 1.28 bits per heavy atom. The van der Waals surface area contributed by atoms with Crippen LogP contribution in [0.2, 0.25) is 5.02 Å².